The summed E-state index contributed by atoms with van der Waals surface area (Å²) in [6.07, 6.45) is -4.47. The smallest absolute Gasteiger partial charge is 0.420 e. The van der Waals surface area contributed by atoms with Gasteiger partial charge in [0.25, 0.3) is 5.24 Å². The molecular weight excluding hydrogens is 409 g/mol. The second-order valence-corrected chi connectivity index (χ2v) is 7.17. The number of amides is 2. The van der Waals surface area contributed by atoms with E-state index in [0.717, 1.165) is 17.8 Å². The molecule has 150 valence electrons. The zero-order valence-electron chi connectivity index (χ0n) is 14.9. The standard InChI is InChI=1S/C19H13F3N2O4S/c1-27-15-7-10(8-16-17(25)24-18(26)29-16)2-5-14(15)28-13-4-3-11(9-23)6-12(13)19(20,21)22/h2-7,16H,8H2,1H3,(H,24,25,26)/t16-/m1/s1. The van der Waals surface area contributed by atoms with E-state index in [1.54, 1.807) is 12.1 Å². The number of thioether (sulfide) groups is 1. The van der Waals surface area contributed by atoms with Gasteiger partial charge in [-0.1, -0.05) is 17.8 Å². The zero-order valence-corrected chi connectivity index (χ0v) is 15.7. The molecule has 0 saturated carbocycles. The van der Waals surface area contributed by atoms with Crippen molar-refractivity contribution in [3.63, 3.8) is 0 Å². The molecule has 2 aromatic carbocycles. The van der Waals surface area contributed by atoms with E-state index in [1.807, 2.05) is 0 Å². The number of benzene rings is 2. The highest BCUT2D eigenvalue weighted by atomic mass is 32.2. The number of hydrogen-bond acceptors (Lipinski definition) is 6. The second-order valence-electron chi connectivity index (χ2n) is 6.00. The molecular formula is C19H13F3N2O4S. The van der Waals surface area contributed by atoms with Crippen molar-refractivity contribution in [1.82, 2.24) is 5.32 Å². The number of carbonyl (C=O) groups excluding carboxylic acids is 2. The molecule has 1 saturated heterocycles. The zero-order chi connectivity index (χ0) is 21.2. The molecule has 0 spiro atoms. The van der Waals surface area contributed by atoms with Crippen molar-refractivity contribution in [2.75, 3.05) is 7.11 Å². The Hall–Kier alpha value is -3.19. The van der Waals surface area contributed by atoms with Gasteiger partial charge in [-0.25, -0.2) is 0 Å². The average molecular weight is 422 g/mol. The van der Waals surface area contributed by atoms with E-state index in [-0.39, 0.29) is 23.5 Å². The highest BCUT2D eigenvalue weighted by Crippen LogP contribution is 2.41. The molecule has 2 amide bonds. The fraction of sp³-hybridized carbons (Fsp3) is 0.211. The number of hydrogen-bond donors (Lipinski definition) is 1. The number of imide groups is 1. The summed E-state index contributed by atoms with van der Waals surface area (Å²) in [5, 5.41) is 10.0. The van der Waals surface area contributed by atoms with Gasteiger partial charge in [0.2, 0.25) is 5.91 Å². The predicted octanol–water partition coefficient (Wildman–Crippen LogP) is 4.27. The molecule has 1 aliphatic rings. The predicted molar refractivity (Wildman–Crippen MR) is 97.8 cm³/mol. The number of ether oxygens (including phenoxy) is 2. The minimum atomic E-state index is -4.71. The van der Waals surface area contributed by atoms with E-state index in [0.29, 0.717) is 11.6 Å². The summed E-state index contributed by atoms with van der Waals surface area (Å²) < 4.78 is 50.6. The van der Waals surface area contributed by atoms with E-state index < -0.39 is 33.9 Å². The highest BCUT2D eigenvalue weighted by Gasteiger charge is 2.35. The molecule has 0 radical (unpaired) electrons. The molecule has 1 fully saturated rings. The summed E-state index contributed by atoms with van der Waals surface area (Å²) in [6.45, 7) is 0. The van der Waals surface area contributed by atoms with Gasteiger partial charge in [0.15, 0.2) is 11.5 Å². The third-order valence-corrected chi connectivity index (χ3v) is 5.03. The van der Waals surface area contributed by atoms with Gasteiger partial charge < -0.3 is 9.47 Å². The third kappa shape index (κ3) is 4.63. The first-order valence-corrected chi connectivity index (χ1v) is 9.07. The van der Waals surface area contributed by atoms with Gasteiger partial charge in [-0.15, -0.1) is 0 Å². The van der Waals surface area contributed by atoms with Crippen molar-refractivity contribution in [2.24, 2.45) is 0 Å². The third-order valence-electron chi connectivity index (χ3n) is 4.05. The number of nitrogens with zero attached hydrogens (tertiary/aromatic N) is 1. The van der Waals surface area contributed by atoms with Crippen LogP contribution in [-0.4, -0.2) is 23.5 Å². The molecule has 29 heavy (non-hydrogen) atoms. The van der Waals surface area contributed by atoms with Gasteiger partial charge in [0, 0.05) is 0 Å². The Bertz CT molecular complexity index is 1020. The maximum Gasteiger partial charge on any atom is 0.420 e. The maximum absolute atomic E-state index is 13.3. The van der Waals surface area contributed by atoms with Crippen molar-refractivity contribution in [1.29, 1.82) is 5.26 Å². The van der Waals surface area contributed by atoms with E-state index in [1.165, 1.54) is 25.3 Å². The largest absolute Gasteiger partial charge is 0.493 e. The quantitative estimate of drug-likeness (QED) is 0.774. The number of nitrogens with one attached hydrogen (secondary N) is 1. The van der Waals surface area contributed by atoms with Crippen molar-refractivity contribution in [3.05, 3.63) is 53.1 Å². The SMILES string of the molecule is COc1cc(C[C@H]2SC(=O)NC2=O)ccc1Oc1ccc(C#N)cc1C(F)(F)F. The topological polar surface area (TPSA) is 88.4 Å². The first kappa shape index (κ1) is 20.5. The number of methoxy groups -OCH3 is 1. The molecule has 3 rings (SSSR count). The van der Waals surface area contributed by atoms with Gasteiger partial charge in [-0.05, 0) is 42.3 Å². The van der Waals surface area contributed by atoms with Gasteiger partial charge in [-0.2, -0.15) is 18.4 Å². The fourth-order valence-electron chi connectivity index (χ4n) is 2.69. The van der Waals surface area contributed by atoms with E-state index >= 15 is 0 Å². The molecule has 0 bridgehead atoms. The molecule has 1 aliphatic heterocycles. The van der Waals surface area contributed by atoms with Crippen LogP contribution in [0.25, 0.3) is 0 Å². The number of carbonyl (C=O) groups is 2. The van der Waals surface area contributed by atoms with E-state index in [9.17, 15) is 22.8 Å². The second kappa shape index (κ2) is 8.05. The first-order chi connectivity index (χ1) is 13.7. The van der Waals surface area contributed by atoms with Crippen molar-refractivity contribution < 1.29 is 32.2 Å². The molecule has 0 unspecified atom stereocenters. The average Bonchev–Trinajstić information content (AvgIpc) is 2.99. The van der Waals surface area contributed by atoms with Crippen molar-refractivity contribution >= 4 is 22.9 Å². The van der Waals surface area contributed by atoms with E-state index in [2.05, 4.69) is 5.32 Å². The molecule has 0 aliphatic carbocycles. The Morgan fingerprint density at radius 3 is 2.45 bits per heavy atom. The summed E-state index contributed by atoms with van der Waals surface area (Å²) >= 11 is 0.874. The molecule has 6 nitrogen and oxygen atoms in total. The summed E-state index contributed by atoms with van der Waals surface area (Å²) in [6, 6.07) is 9.19. The van der Waals surface area contributed by atoms with Gasteiger partial charge in [-0.3, -0.25) is 14.9 Å². The number of halogens is 3. The summed E-state index contributed by atoms with van der Waals surface area (Å²) in [5.74, 6) is -0.675. The van der Waals surface area contributed by atoms with Crippen LogP contribution in [-0.2, 0) is 17.4 Å². The van der Waals surface area contributed by atoms with Gasteiger partial charge in [0.05, 0.1) is 29.6 Å². The van der Waals surface area contributed by atoms with Crippen LogP contribution in [0.5, 0.6) is 17.2 Å². The maximum atomic E-state index is 13.3. The Labute approximate surface area is 167 Å². The minimum absolute atomic E-state index is 0.0334. The number of alkyl halides is 3. The molecule has 10 heteroatoms. The molecule has 1 heterocycles. The Morgan fingerprint density at radius 1 is 1.14 bits per heavy atom. The Balaban J connectivity index is 1.88. The molecule has 1 N–H and O–H groups in total. The summed E-state index contributed by atoms with van der Waals surface area (Å²) in [4.78, 5) is 23.0. The van der Waals surface area contributed by atoms with Crippen LogP contribution in [0.3, 0.4) is 0 Å². The Kier molecular flexibility index (Phi) is 5.70. The Morgan fingerprint density at radius 2 is 1.86 bits per heavy atom. The van der Waals surface area contributed by atoms with Crippen LogP contribution in [0.4, 0.5) is 18.0 Å². The van der Waals surface area contributed by atoms with Crippen LogP contribution in [0.1, 0.15) is 16.7 Å². The number of rotatable bonds is 5. The molecule has 2 aromatic rings. The number of nitriles is 1. The van der Waals surface area contributed by atoms with E-state index in [4.69, 9.17) is 14.7 Å². The van der Waals surface area contributed by atoms with Crippen LogP contribution >= 0.6 is 11.8 Å². The van der Waals surface area contributed by atoms with Crippen molar-refractivity contribution in [3.8, 4) is 23.3 Å². The first-order valence-electron chi connectivity index (χ1n) is 8.19. The lowest BCUT2D eigenvalue weighted by Gasteiger charge is -2.16. The highest BCUT2D eigenvalue weighted by molar-refractivity contribution is 8.15. The molecule has 1 atom stereocenters. The van der Waals surface area contributed by atoms with Crippen molar-refractivity contribution in [2.45, 2.75) is 17.8 Å². The fourth-order valence-corrected chi connectivity index (χ4v) is 3.55. The van der Waals surface area contributed by atoms with Crippen LogP contribution < -0.4 is 14.8 Å². The van der Waals surface area contributed by atoms with Crippen LogP contribution in [0, 0.1) is 11.3 Å². The van der Waals surface area contributed by atoms with Crippen LogP contribution in [0.2, 0.25) is 0 Å². The lowest BCUT2D eigenvalue weighted by atomic mass is 10.1. The normalized spacial score (nSPS) is 16.3. The summed E-state index contributed by atoms with van der Waals surface area (Å²) in [7, 11) is 1.33. The monoisotopic (exact) mass is 422 g/mol. The minimum Gasteiger partial charge on any atom is -0.493 e. The van der Waals surface area contributed by atoms with Gasteiger partial charge >= 0.3 is 6.18 Å². The van der Waals surface area contributed by atoms with Gasteiger partial charge in [0.1, 0.15) is 5.75 Å². The van der Waals surface area contributed by atoms with Crippen LogP contribution in [0.15, 0.2) is 36.4 Å². The molecule has 0 aromatic heterocycles. The lowest BCUT2D eigenvalue weighted by molar-refractivity contribution is -0.138. The summed E-state index contributed by atoms with van der Waals surface area (Å²) in [5.41, 5.74) is -0.582. The lowest BCUT2D eigenvalue weighted by Crippen LogP contribution is -2.25.